The van der Waals surface area contributed by atoms with Crippen molar-refractivity contribution in [3.63, 3.8) is 0 Å². The number of hydrogen-bond acceptors (Lipinski definition) is 4. The molecule has 1 aromatic heterocycles. The van der Waals surface area contributed by atoms with E-state index in [1.807, 2.05) is 31.9 Å². The number of aliphatic imine (C=N–C) groups is 1. The highest BCUT2D eigenvalue weighted by Gasteiger charge is 2.38. The minimum Gasteiger partial charge on any atom is -0.444 e. The molecule has 0 radical (unpaired) electrons. The van der Waals surface area contributed by atoms with E-state index in [0.29, 0.717) is 17.8 Å². The molecule has 2 saturated carbocycles. The summed E-state index contributed by atoms with van der Waals surface area (Å²) < 4.78 is 5.76. The van der Waals surface area contributed by atoms with Crippen molar-refractivity contribution in [3.05, 3.63) is 83.3 Å². The molecular weight excluding hydrogens is 604 g/mol. The van der Waals surface area contributed by atoms with E-state index in [0.717, 1.165) is 48.7 Å². The van der Waals surface area contributed by atoms with Gasteiger partial charge in [-0.25, -0.2) is 9.78 Å². The number of aromatic amines is 1. The summed E-state index contributed by atoms with van der Waals surface area (Å²) >= 11 is 0. The zero-order valence-electron chi connectivity index (χ0n) is 29.2. The van der Waals surface area contributed by atoms with Gasteiger partial charge in [0.15, 0.2) is 0 Å². The van der Waals surface area contributed by atoms with E-state index in [2.05, 4.69) is 59.6 Å². The van der Waals surface area contributed by atoms with Crippen LogP contribution in [-0.4, -0.2) is 44.9 Å². The molecule has 1 unspecified atom stereocenters. The maximum atomic E-state index is 13.0. The molecule has 252 valence electrons. The highest BCUT2D eigenvalue weighted by Crippen LogP contribution is 2.55. The van der Waals surface area contributed by atoms with E-state index >= 15 is 0 Å². The molecule has 3 fully saturated rings. The molecule has 3 aromatic carbocycles. The van der Waals surface area contributed by atoms with E-state index < -0.39 is 5.60 Å². The Morgan fingerprint density at radius 2 is 1.43 bits per heavy atom. The largest absolute Gasteiger partial charge is 0.444 e. The highest BCUT2D eigenvalue weighted by atomic mass is 16.6. The van der Waals surface area contributed by atoms with Crippen LogP contribution < -0.4 is 0 Å². The van der Waals surface area contributed by atoms with Gasteiger partial charge in [0.25, 0.3) is 0 Å². The quantitative estimate of drug-likeness (QED) is 0.233. The number of benzene rings is 3. The van der Waals surface area contributed by atoms with Crippen LogP contribution >= 0.6 is 0 Å². The smallest absolute Gasteiger partial charge is 0.410 e. The van der Waals surface area contributed by atoms with Crippen molar-refractivity contribution >= 4 is 17.5 Å². The Kier molecular flexibility index (Phi) is 7.55. The summed E-state index contributed by atoms with van der Waals surface area (Å²) in [6.45, 7) is 6.53. The summed E-state index contributed by atoms with van der Waals surface area (Å²) in [7, 11) is 0. The van der Waals surface area contributed by atoms with E-state index in [1.165, 1.54) is 84.7 Å². The van der Waals surface area contributed by atoms with Crippen LogP contribution in [-0.2, 0) is 11.2 Å². The Morgan fingerprint density at radius 3 is 2.12 bits per heavy atom. The normalized spacial score (nSPS) is 23.1. The topological polar surface area (TPSA) is 70.6 Å². The highest BCUT2D eigenvalue weighted by molar-refractivity contribution is 6.00. The number of rotatable bonds is 5. The number of H-pyrrole nitrogens is 1. The number of fused-ring (bicyclic) bond motifs is 3. The van der Waals surface area contributed by atoms with Gasteiger partial charge < -0.3 is 9.72 Å². The molecule has 6 aliphatic rings. The first-order valence-electron chi connectivity index (χ1n) is 18.8. The van der Waals surface area contributed by atoms with Gasteiger partial charge in [0, 0.05) is 24.6 Å². The Balaban J connectivity index is 0.996. The van der Waals surface area contributed by atoms with Crippen molar-refractivity contribution in [2.24, 2.45) is 4.99 Å². The standard InChI is InChI=1S/C43H48N4O2/c1-43(2,3)49-42(48)47-22-6-9-38(47)36-24-32-23-31(18-21-35(32)45-36)34-20-19-33(39-28-14-16-29(17-15-28)40(34)39)26-10-12-27(13-11-26)37-25-44-41(46-37)30-7-4-5-8-30/h10-13,18-21,23,25,28-30,38H,4-9,14-17,22,24H2,1-3H3,(H,44,46). The first-order chi connectivity index (χ1) is 23.8. The number of carbonyl (C=O) groups is 1. The maximum Gasteiger partial charge on any atom is 0.410 e. The molecule has 6 heteroatoms. The lowest BCUT2D eigenvalue weighted by Gasteiger charge is -2.41. The molecule has 1 atom stereocenters. The zero-order chi connectivity index (χ0) is 33.3. The molecule has 2 aliphatic heterocycles. The fourth-order valence-corrected chi connectivity index (χ4v) is 9.65. The number of nitrogens with zero attached hydrogens (tertiary/aromatic N) is 3. The molecule has 1 N–H and O–H groups in total. The monoisotopic (exact) mass is 652 g/mol. The summed E-state index contributed by atoms with van der Waals surface area (Å²) in [4.78, 5) is 28.4. The number of nitrogens with one attached hydrogen (secondary N) is 1. The van der Waals surface area contributed by atoms with Crippen molar-refractivity contribution in [1.29, 1.82) is 0 Å². The van der Waals surface area contributed by atoms with E-state index in [4.69, 9.17) is 14.7 Å². The Morgan fingerprint density at radius 1 is 0.776 bits per heavy atom. The van der Waals surface area contributed by atoms with Crippen LogP contribution in [0.2, 0.25) is 0 Å². The number of amides is 1. The number of aromatic nitrogens is 2. The second kappa shape index (κ2) is 12.0. The van der Waals surface area contributed by atoms with Crippen LogP contribution in [0.5, 0.6) is 0 Å². The van der Waals surface area contributed by atoms with Gasteiger partial charge >= 0.3 is 6.09 Å². The zero-order valence-corrected chi connectivity index (χ0v) is 29.2. The predicted molar refractivity (Wildman–Crippen MR) is 197 cm³/mol. The van der Waals surface area contributed by atoms with Crippen molar-refractivity contribution in [3.8, 4) is 33.5 Å². The Labute approximate surface area is 290 Å². The van der Waals surface area contributed by atoms with Gasteiger partial charge in [-0.1, -0.05) is 55.3 Å². The van der Waals surface area contributed by atoms with Crippen molar-refractivity contribution in [1.82, 2.24) is 14.9 Å². The summed E-state index contributed by atoms with van der Waals surface area (Å²) in [5.41, 5.74) is 13.8. The number of likely N-dealkylation sites (tertiary alicyclic amines) is 1. The molecule has 0 spiro atoms. The van der Waals surface area contributed by atoms with Gasteiger partial charge in [-0.3, -0.25) is 9.89 Å². The summed E-state index contributed by atoms with van der Waals surface area (Å²) in [6.07, 6.45) is 14.8. The van der Waals surface area contributed by atoms with Gasteiger partial charge in [0.2, 0.25) is 0 Å². The third-order valence-electron chi connectivity index (χ3n) is 12.0. The van der Waals surface area contributed by atoms with Gasteiger partial charge in [-0.15, -0.1) is 0 Å². The summed E-state index contributed by atoms with van der Waals surface area (Å²) in [5, 5.41) is 0. The number of carbonyl (C=O) groups excluding carboxylic acids is 1. The van der Waals surface area contributed by atoms with Crippen molar-refractivity contribution in [2.45, 2.75) is 121 Å². The fourth-order valence-electron chi connectivity index (χ4n) is 9.65. The Hall–Kier alpha value is -4.19. The van der Waals surface area contributed by atoms with Crippen LogP contribution in [0.15, 0.2) is 65.8 Å². The SMILES string of the molecule is CC(C)(C)OC(=O)N1CCCC1C1=Nc2ccc(-c3ccc(-c4ccc(-c5cnc(C6CCCC6)[nH]5)cc4)c4c3C3CCC4CC3)cc2C1. The van der Waals surface area contributed by atoms with Gasteiger partial charge in [-0.05, 0) is 141 Å². The molecule has 10 rings (SSSR count). The second-order valence-electron chi connectivity index (χ2n) is 16.2. The number of ether oxygens (including phenoxy) is 1. The lowest BCUT2D eigenvalue weighted by molar-refractivity contribution is 0.0265. The van der Waals surface area contributed by atoms with Crippen molar-refractivity contribution < 1.29 is 9.53 Å². The maximum absolute atomic E-state index is 13.0. The third-order valence-corrected chi connectivity index (χ3v) is 12.0. The van der Waals surface area contributed by atoms with Crippen LogP contribution in [0.1, 0.15) is 125 Å². The molecule has 49 heavy (non-hydrogen) atoms. The first kappa shape index (κ1) is 30.8. The van der Waals surface area contributed by atoms with E-state index in [1.54, 1.807) is 11.1 Å². The molecule has 3 heterocycles. The van der Waals surface area contributed by atoms with Crippen LogP contribution in [0.4, 0.5) is 10.5 Å². The molecule has 4 aromatic rings. The lowest BCUT2D eigenvalue weighted by atomic mass is 9.63. The van der Waals surface area contributed by atoms with Gasteiger partial charge in [0.05, 0.1) is 23.6 Å². The van der Waals surface area contributed by atoms with Crippen LogP contribution in [0.25, 0.3) is 33.5 Å². The number of imidazole rings is 1. The fraction of sp³-hybridized carbons (Fsp3) is 0.465. The first-order valence-corrected chi connectivity index (χ1v) is 18.8. The predicted octanol–water partition coefficient (Wildman–Crippen LogP) is 10.9. The van der Waals surface area contributed by atoms with Gasteiger partial charge in [-0.2, -0.15) is 0 Å². The van der Waals surface area contributed by atoms with Gasteiger partial charge in [0.1, 0.15) is 11.4 Å². The Bertz CT molecular complexity index is 1930. The molecule has 1 amide bonds. The summed E-state index contributed by atoms with van der Waals surface area (Å²) in [6, 6.07) is 20.9. The third kappa shape index (κ3) is 5.61. The molecule has 1 saturated heterocycles. The average molecular weight is 653 g/mol. The van der Waals surface area contributed by atoms with E-state index in [9.17, 15) is 4.79 Å². The van der Waals surface area contributed by atoms with E-state index in [-0.39, 0.29) is 12.1 Å². The molecular formula is C43H48N4O2. The molecule has 4 aliphatic carbocycles. The van der Waals surface area contributed by atoms with Crippen molar-refractivity contribution in [2.75, 3.05) is 6.54 Å². The second-order valence-corrected chi connectivity index (χ2v) is 16.2. The van der Waals surface area contributed by atoms with Crippen LogP contribution in [0, 0.1) is 0 Å². The molecule has 2 bridgehead atoms. The minimum atomic E-state index is -0.504. The van der Waals surface area contributed by atoms with Crippen LogP contribution in [0.3, 0.4) is 0 Å². The lowest BCUT2D eigenvalue weighted by Crippen LogP contribution is -2.43. The number of hydrogen-bond donors (Lipinski definition) is 1. The average Bonchev–Trinajstić information content (AvgIpc) is 3.94. The molecule has 6 nitrogen and oxygen atoms in total. The summed E-state index contributed by atoms with van der Waals surface area (Å²) in [5.74, 6) is 3.00. The minimum absolute atomic E-state index is 0.0162.